The highest BCUT2D eigenvalue weighted by molar-refractivity contribution is 6.29. The summed E-state index contributed by atoms with van der Waals surface area (Å²) in [5.74, 6) is 0.661. The van der Waals surface area contributed by atoms with Gasteiger partial charge in [0.25, 0.3) is 5.91 Å². The molecule has 0 aliphatic heterocycles. The second kappa shape index (κ2) is 6.11. The molecule has 0 radical (unpaired) electrons. The van der Waals surface area contributed by atoms with E-state index in [0.29, 0.717) is 6.54 Å². The van der Waals surface area contributed by atoms with Gasteiger partial charge in [0.1, 0.15) is 5.82 Å². The third kappa shape index (κ3) is 3.53. The monoisotopic (exact) mass is 265 g/mol. The van der Waals surface area contributed by atoms with Crippen molar-refractivity contribution >= 4 is 17.5 Å². The Hall–Kier alpha value is -1.95. The van der Waals surface area contributed by atoms with Crippen molar-refractivity contribution in [2.45, 2.75) is 12.8 Å². The molecule has 0 saturated heterocycles. The van der Waals surface area contributed by atoms with Crippen molar-refractivity contribution in [3.8, 4) is 0 Å². The minimum Gasteiger partial charge on any atom is -0.351 e. The number of H-pyrrole nitrogens is 1. The number of amides is 1. The number of carbonyl (C=O) groups excluding carboxylic acids is 1. The highest BCUT2D eigenvalue weighted by Crippen LogP contribution is 2.02. The van der Waals surface area contributed by atoms with E-state index in [2.05, 4.69) is 25.5 Å². The van der Waals surface area contributed by atoms with Crippen LogP contribution in [0.15, 0.2) is 24.5 Å². The van der Waals surface area contributed by atoms with Crippen LogP contribution in [0.2, 0.25) is 5.15 Å². The molecule has 2 aromatic rings. The summed E-state index contributed by atoms with van der Waals surface area (Å²) in [7, 11) is 0. The van der Waals surface area contributed by atoms with Crippen LogP contribution < -0.4 is 5.32 Å². The Morgan fingerprint density at radius 3 is 2.94 bits per heavy atom. The largest absolute Gasteiger partial charge is 0.351 e. The highest BCUT2D eigenvalue weighted by Gasteiger charge is 2.06. The summed E-state index contributed by atoms with van der Waals surface area (Å²) in [5, 5.41) is 10.3. The minimum atomic E-state index is -0.251. The van der Waals surface area contributed by atoms with Crippen molar-refractivity contribution in [1.82, 2.24) is 25.5 Å². The van der Waals surface area contributed by atoms with Gasteiger partial charge in [-0.15, -0.1) is 10.2 Å². The Labute approximate surface area is 109 Å². The average Bonchev–Trinajstić information content (AvgIpc) is 2.88. The molecule has 0 atom stereocenters. The molecule has 0 bridgehead atoms. The predicted molar refractivity (Wildman–Crippen MR) is 66.3 cm³/mol. The lowest BCUT2D eigenvalue weighted by Crippen LogP contribution is -2.26. The lowest BCUT2D eigenvalue weighted by Gasteiger charge is -2.03. The van der Waals surface area contributed by atoms with Gasteiger partial charge in [-0.1, -0.05) is 11.6 Å². The molecule has 0 saturated carbocycles. The van der Waals surface area contributed by atoms with E-state index in [0.717, 1.165) is 18.7 Å². The normalized spacial score (nSPS) is 10.3. The smallest absolute Gasteiger partial charge is 0.271 e. The van der Waals surface area contributed by atoms with Crippen molar-refractivity contribution in [2.75, 3.05) is 6.54 Å². The Kier molecular flexibility index (Phi) is 4.25. The number of aryl methyl sites for hydroxylation is 1. The number of aromatic amines is 1. The van der Waals surface area contributed by atoms with Gasteiger partial charge in [0.2, 0.25) is 0 Å². The molecular weight excluding hydrogens is 254 g/mol. The van der Waals surface area contributed by atoms with E-state index in [1.165, 1.54) is 12.1 Å². The quantitative estimate of drug-likeness (QED) is 0.796. The molecule has 0 aliphatic rings. The molecule has 0 aliphatic carbocycles. The van der Waals surface area contributed by atoms with Crippen molar-refractivity contribution < 1.29 is 4.79 Å². The average molecular weight is 266 g/mol. The molecule has 7 heteroatoms. The van der Waals surface area contributed by atoms with Crippen LogP contribution in [0.25, 0.3) is 0 Å². The number of rotatable bonds is 5. The predicted octanol–water partition coefficient (Wildman–Crippen LogP) is 1.22. The van der Waals surface area contributed by atoms with Gasteiger partial charge in [-0.25, -0.2) is 4.98 Å². The van der Waals surface area contributed by atoms with Crippen LogP contribution in [0.5, 0.6) is 0 Å². The summed E-state index contributed by atoms with van der Waals surface area (Å²) in [6, 6.07) is 3.07. The molecule has 0 fully saturated rings. The van der Waals surface area contributed by atoms with Gasteiger partial charge in [-0.2, -0.15) is 0 Å². The van der Waals surface area contributed by atoms with Crippen molar-refractivity contribution in [3.63, 3.8) is 0 Å². The minimum absolute atomic E-state index is 0.251. The van der Waals surface area contributed by atoms with Crippen LogP contribution in [0.4, 0.5) is 0 Å². The summed E-state index contributed by atoms with van der Waals surface area (Å²) in [6.45, 7) is 0.559. The van der Waals surface area contributed by atoms with Gasteiger partial charge < -0.3 is 10.3 Å². The maximum Gasteiger partial charge on any atom is 0.271 e. The Bertz CT molecular complexity index is 497. The summed E-state index contributed by atoms with van der Waals surface area (Å²) >= 11 is 5.58. The van der Waals surface area contributed by atoms with Gasteiger partial charge in [-0.05, 0) is 18.6 Å². The van der Waals surface area contributed by atoms with E-state index in [9.17, 15) is 4.79 Å². The second-order valence-corrected chi connectivity index (χ2v) is 4.02. The molecule has 2 N–H and O–H groups in total. The summed E-state index contributed by atoms with van der Waals surface area (Å²) in [4.78, 5) is 18.7. The molecule has 0 aromatic carbocycles. The number of hydrogen-bond donors (Lipinski definition) is 2. The van der Waals surface area contributed by atoms with Gasteiger partial charge >= 0.3 is 0 Å². The molecule has 0 spiro atoms. The first-order valence-electron chi connectivity index (χ1n) is 5.51. The molecular formula is C11H12ClN5O. The molecule has 6 nitrogen and oxygen atoms in total. The third-order valence-corrected chi connectivity index (χ3v) is 2.50. The van der Waals surface area contributed by atoms with E-state index in [1.54, 1.807) is 12.4 Å². The molecule has 18 heavy (non-hydrogen) atoms. The van der Waals surface area contributed by atoms with Crippen LogP contribution in [-0.4, -0.2) is 32.6 Å². The van der Waals surface area contributed by atoms with Crippen LogP contribution >= 0.6 is 11.6 Å². The fraction of sp³-hybridized carbons (Fsp3) is 0.273. The lowest BCUT2D eigenvalue weighted by atomic mass is 10.3. The summed E-state index contributed by atoms with van der Waals surface area (Å²) < 4.78 is 0. The first kappa shape index (κ1) is 12.5. The fourth-order valence-corrected chi connectivity index (χ4v) is 1.52. The number of carbonyl (C=O) groups is 1. The van der Waals surface area contributed by atoms with Gasteiger partial charge in [-0.3, -0.25) is 4.79 Å². The van der Waals surface area contributed by atoms with Crippen LogP contribution in [0.3, 0.4) is 0 Å². The Balaban J connectivity index is 1.73. The number of nitrogens with zero attached hydrogens (tertiary/aromatic N) is 3. The maximum absolute atomic E-state index is 11.6. The first-order chi connectivity index (χ1) is 8.75. The van der Waals surface area contributed by atoms with Crippen molar-refractivity contribution in [1.29, 1.82) is 0 Å². The number of hydrogen-bond acceptors (Lipinski definition) is 4. The highest BCUT2D eigenvalue weighted by atomic mass is 35.5. The summed E-state index contributed by atoms with van der Waals surface area (Å²) in [5.41, 5.74) is 0.261. The molecule has 1 amide bonds. The second-order valence-electron chi connectivity index (χ2n) is 3.64. The van der Waals surface area contributed by atoms with E-state index in [1.807, 2.05) is 0 Å². The maximum atomic E-state index is 11.6. The van der Waals surface area contributed by atoms with E-state index >= 15 is 0 Å². The molecule has 94 valence electrons. The first-order valence-corrected chi connectivity index (χ1v) is 5.89. The number of nitrogens with one attached hydrogen (secondary N) is 2. The molecule has 2 heterocycles. The number of imidazole rings is 1. The topological polar surface area (TPSA) is 83.6 Å². The van der Waals surface area contributed by atoms with Crippen LogP contribution in [-0.2, 0) is 6.42 Å². The Morgan fingerprint density at radius 2 is 2.28 bits per heavy atom. The SMILES string of the molecule is O=C(NCCCc1ncc[nH]1)c1ccc(Cl)nn1. The van der Waals surface area contributed by atoms with Gasteiger partial charge in [0.15, 0.2) is 10.8 Å². The third-order valence-electron chi connectivity index (χ3n) is 2.30. The van der Waals surface area contributed by atoms with Crippen molar-refractivity contribution in [3.05, 3.63) is 41.2 Å². The lowest BCUT2D eigenvalue weighted by molar-refractivity contribution is 0.0947. The fourth-order valence-electron chi connectivity index (χ4n) is 1.42. The van der Waals surface area contributed by atoms with Crippen LogP contribution in [0.1, 0.15) is 22.7 Å². The van der Waals surface area contributed by atoms with E-state index in [4.69, 9.17) is 11.6 Å². The van der Waals surface area contributed by atoms with Crippen molar-refractivity contribution in [2.24, 2.45) is 0 Å². The van der Waals surface area contributed by atoms with Gasteiger partial charge in [0.05, 0.1) is 0 Å². The zero-order valence-corrected chi connectivity index (χ0v) is 10.3. The number of aromatic nitrogens is 4. The van der Waals surface area contributed by atoms with E-state index in [-0.39, 0.29) is 16.8 Å². The van der Waals surface area contributed by atoms with Crippen LogP contribution in [0, 0.1) is 0 Å². The van der Waals surface area contributed by atoms with E-state index < -0.39 is 0 Å². The van der Waals surface area contributed by atoms with Gasteiger partial charge in [0, 0.05) is 25.4 Å². The standard InChI is InChI=1S/C11H12ClN5O/c12-9-4-3-8(16-17-9)11(18)15-5-1-2-10-13-6-7-14-10/h3-4,6-7H,1-2,5H2,(H,13,14)(H,15,18). The summed E-state index contributed by atoms with van der Waals surface area (Å²) in [6.07, 6.45) is 5.08. The number of halogens is 1. The zero-order valence-electron chi connectivity index (χ0n) is 9.56. The molecule has 0 unspecified atom stereocenters. The molecule has 2 rings (SSSR count). The molecule has 2 aromatic heterocycles. The zero-order chi connectivity index (χ0) is 12.8. The Morgan fingerprint density at radius 1 is 1.39 bits per heavy atom.